The van der Waals surface area contributed by atoms with Gasteiger partial charge < -0.3 is 9.47 Å². The molecule has 1 aromatic carbocycles. The third kappa shape index (κ3) is 3.85. The van der Waals surface area contributed by atoms with Gasteiger partial charge in [0.15, 0.2) is 0 Å². The van der Waals surface area contributed by atoms with E-state index < -0.39 is 26.3 Å². The van der Waals surface area contributed by atoms with Crippen LogP contribution in [0, 0.1) is 5.82 Å². The largest absolute Gasteiger partial charge is 0.490 e. The van der Waals surface area contributed by atoms with Gasteiger partial charge in [-0.2, -0.15) is 0 Å². The zero-order valence-corrected chi connectivity index (χ0v) is 17.8. The Morgan fingerprint density at radius 2 is 1.78 bits per heavy atom. The predicted octanol–water partition coefficient (Wildman–Crippen LogP) is 2.71. The number of methoxy groups -OCH3 is 2. The fourth-order valence-electron chi connectivity index (χ4n) is 3.08. The monoisotopic (exact) mass is 456 g/mol. The molecule has 164 valence electrons. The summed E-state index contributed by atoms with van der Waals surface area (Å²) in [5.41, 5.74) is 1.04. The quantitative estimate of drug-likeness (QED) is 0.475. The van der Waals surface area contributed by atoms with Crippen LogP contribution in [0.2, 0.25) is 0 Å². The average molecular weight is 456 g/mol. The third-order valence-corrected chi connectivity index (χ3v) is 6.04. The van der Waals surface area contributed by atoms with Crippen molar-refractivity contribution in [2.75, 3.05) is 18.9 Å². The number of anilines is 1. The standard InChI is InChI=1S/C21H17FN4O5S/c1-30-17-11-23-19-8-7-13(12-26(19)21(17)27)14-9-16(20(31-2)24-10-14)25-32(28,29)18-6-4-3-5-15(18)22/h3-12,25H,1-2H3. The number of ether oxygens (including phenoxy) is 2. The van der Waals surface area contributed by atoms with Crippen molar-refractivity contribution in [3.63, 3.8) is 0 Å². The molecule has 0 aliphatic carbocycles. The van der Waals surface area contributed by atoms with E-state index in [2.05, 4.69) is 14.7 Å². The van der Waals surface area contributed by atoms with Crippen LogP contribution < -0.4 is 19.8 Å². The summed E-state index contributed by atoms with van der Waals surface area (Å²) in [4.78, 5) is 20.3. The smallest absolute Gasteiger partial charge is 0.300 e. The minimum atomic E-state index is -4.25. The Morgan fingerprint density at radius 1 is 1.00 bits per heavy atom. The maximum Gasteiger partial charge on any atom is 0.300 e. The molecule has 0 fully saturated rings. The van der Waals surface area contributed by atoms with Gasteiger partial charge in [-0.15, -0.1) is 0 Å². The molecule has 9 nitrogen and oxygen atoms in total. The second-order valence-corrected chi connectivity index (χ2v) is 8.25. The first-order chi connectivity index (χ1) is 15.3. The molecule has 32 heavy (non-hydrogen) atoms. The van der Waals surface area contributed by atoms with Crippen LogP contribution in [0.4, 0.5) is 10.1 Å². The van der Waals surface area contributed by atoms with Crippen LogP contribution in [0.1, 0.15) is 0 Å². The van der Waals surface area contributed by atoms with Gasteiger partial charge in [0.2, 0.25) is 11.6 Å². The van der Waals surface area contributed by atoms with Gasteiger partial charge in [0, 0.05) is 23.5 Å². The van der Waals surface area contributed by atoms with Crippen molar-refractivity contribution in [3.05, 3.63) is 77.2 Å². The molecule has 0 unspecified atom stereocenters. The minimum Gasteiger partial charge on any atom is -0.490 e. The summed E-state index contributed by atoms with van der Waals surface area (Å²) in [6.07, 6.45) is 4.33. The molecule has 0 spiro atoms. The number of nitrogens with one attached hydrogen (secondary N) is 1. The molecule has 4 aromatic rings. The van der Waals surface area contributed by atoms with Crippen LogP contribution >= 0.6 is 0 Å². The van der Waals surface area contributed by atoms with Crippen molar-refractivity contribution in [3.8, 4) is 22.8 Å². The van der Waals surface area contributed by atoms with Crippen LogP contribution in [0.5, 0.6) is 11.6 Å². The number of sulfonamides is 1. The Labute approximate surface area is 182 Å². The van der Waals surface area contributed by atoms with Crippen molar-refractivity contribution in [2.45, 2.75) is 4.90 Å². The molecule has 3 aromatic heterocycles. The van der Waals surface area contributed by atoms with Gasteiger partial charge in [-0.25, -0.2) is 22.8 Å². The molecule has 0 saturated carbocycles. The summed E-state index contributed by atoms with van der Waals surface area (Å²) >= 11 is 0. The third-order valence-electron chi connectivity index (χ3n) is 4.64. The minimum absolute atomic E-state index is 0.00413. The first-order valence-electron chi connectivity index (χ1n) is 9.21. The molecule has 1 N–H and O–H groups in total. The zero-order chi connectivity index (χ0) is 22.9. The van der Waals surface area contributed by atoms with E-state index in [1.807, 2.05) is 0 Å². The summed E-state index contributed by atoms with van der Waals surface area (Å²) in [6, 6.07) is 9.81. The maximum absolute atomic E-state index is 14.0. The SMILES string of the molecule is COc1ncc(-c2ccc3ncc(OC)c(=O)n3c2)cc1NS(=O)(=O)c1ccccc1F. The highest BCUT2D eigenvalue weighted by molar-refractivity contribution is 7.92. The van der Waals surface area contributed by atoms with Crippen LogP contribution in [0.25, 0.3) is 16.8 Å². The van der Waals surface area contributed by atoms with E-state index in [9.17, 15) is 17.6 Å². The molecule has 4 rings (SSSR count). The van der Waals surface area contributed by atoms with Gasteiger partial charge in [0.25, 0.3) is 15.6 Å². The molecule has 11 heteroatoms. The van der Waals surface area contributed by atoms with Crippen molar-refractivity contribution in [1.29, 1.82) is 0 Å². The Balaban J connectivity index is 1.80. The Morgan fingerprint density at radius 3 is 2.50 bits per heavy atom. The van der Waals surface area contributed by atoms with Crippen molar-refractivity contribution < 1.29 is 22.3 Å². The first kappa shape index (κ1) is 21.2. The molecular weight excluding hydrogens is 439 g/mol. The normalized spacial score (nSPS) is 11.3. The Bertz CT molecular complexity index is 1490. The van der Waals surface area contributed by atoms with E-state index in [0.29, 0.717) is 16.8 Å². The predicted molar refractivity (Wildman–Crippen MR) is 115 cm³/mol. The highest BCUT2D eigenvalue weighted by Crippen LogP contribution is 2.30. The molecule has 0 atom stereocenters. The number of pyridine rings is 2. The fourth-order valence-corrected chi connectivity index (χ4v) is 4.21. The molecule has 0 aliphatic heterocycles. The topological polar surface area (TPSA) is 112 Å². The number of rotatable bonds is 6. The van der Waals surface area contributed by atoms with Crippen LogP contribution in [-0.4, -0.2) is 37.0 Å². The van der Waals surface area contributed by atoms with Gasteiger partial charge in [-0.05, 0) is 30.3 Å². The lowest BCUT2D eigenvalue weighted by molar-refractivity contribution is 0.400. The maximum atomic E-state index is 14.0. The lowest BCUT2D eigenvalue weighted by Gasteiger charge is -2.13. The number of hydrogen-bond donors (Lipinski definition) is 1. The number of nitrogens with zero attached hydrogens (tertiary/aromatic N) is 3. The van der Waals surface area contributed by atoms with E-state index in [0.717, 1.165) is 12.1 Å². The summed E-state index contributed by atoms with van der Waals surface area (Å²) in [6.45, 7) is 0. The molecule has 0 amide bonds. The number of halogens is 1. The van der Waals surface area contributed by atoms with E-state index in [1.165, 1.54) is 55.4 Å². The molecule has 0 aliphatic rings. The van der Waals surface area contributed by atoms with Gasteiger partial charge in [-0.3, -0.25) is 13.9 Å². The van der Waals surface area contributed by atoms with Crippen molar-refractivity contribution >= 4 is 21.4 Å². The number of hydrogen-bond acceptors (Lipinski definition) is 7. The number of aromatic nitrogens is 3. The summed E-state index contributed by atoms with van der Waals surface area (Å²) in [7, 11) is -1.55. The molecule has 0 bridgehead atoms. The molecular formula is C21H17FN4O5S. The lowest BCUT2D eigenvalue weighted by atomic mass is 10.1. The fraction of sp³-hybridized carbons (Fsp3) is 0.0952. The first-order valence-corrected chi connectivity index (χ1v) is 10.7. The highest BCUT2D eigenvalue weighted by atomic mass is 32.2. The van der Waals surface area contributed by atoms with Crippen molar-refractivity contribution in [2.24, 2.45) is 0 Å². The number of fused-ring (bicyclic) bond motifs is 1. The van der Waals surface area contributed by atoms with Crippen LogP contribution in [0.3, 0.4) is 0 Å². The van der Waals surface area contributed by atoms with Gasteiger partial charge >= 0.3 is 0 Å². The summed E-state index contributed by atoms with van der Waals surface area (Å²) in [5, 5.41) is 0. The van der Waals surface area contributed by atoms with Crippen LogP contribution in [0.15, 0.2) is 70.7 Å². The number of benzene rings is 1. The summed E-state index contributed by atoms with van der Waals surface area (Å²) < 4.78 is 53.3. The Hall–Kier alpha value is -3.99. The second-order valence-electron chi connectivity index (χ2n) is 6.59. The van der Waals surface area contributed by atoms with Gasteiger partial charge in [0.1, 0.15) is 22.0 Å². The zero-order valence-electron chi connectivity index (χ0n) is 16.9. The van der Waals surface area contributed by atoms with Crippen LogP contribution in [-0.2, 0) is 10.0 Å². The molecule has 3 heterocycles. The van der Waals surface area contributed by atoms with E-state index >= 15 is 0 Å². The van der Waals surface area contributed by atoms with Gasteiger partial charge in [-0.1, -0.05) is 12.1 Å². The average Bonchev–Trinajstić information content (AvgIpc) is 2.79. The van der Waals surface area contributed by atoms with Crippen molar-refractivity contribution in [1.82, 2.24) is 14.4 Å². The lowest BCUT2D eigenvalue weighted by Crippen LogP contribution is -2.16. The van der Waals surface area contributed by atoms with E-state index in [4.69, 9.17) is 9.47 Å². The highest BCUT2D eigenvalue weighted by Gasteiger charge is 2.21. The van der Waals surface area contributed by atoms with Gasteiger partial charge in [0.05, 0.1) is 20.4 Å². The van der Waals surface area contributed by atoms with E-state index in [-0.39, 0.29) is 17.3 Å². The molecule has 0 radical (unpaired) electrons. The van der Waals surface area contributed by atoms with E-state index in [1.54, 1.807) is 12.1 Å². The summed E-state index contributed by atoms with van der Waals surface area (Å²) in [5.74, 6) is -0.820. The second kappa shape index (κ2) is 8.27. The molecule has 0 saturated heterocycles. The Kier molecular flexibility index (Phi) is 5.49.